The minimum atomic E-state index is 0. The molecule has 0 aromatic rings. The van der Waals surface area contributed by atoms with Crippen molar-refractivity contribution in [1.29, 1.82) is 0 Å². The summed E-state index contributed by atoms with van der Waals surface area (Å²) < 4.78 is 5.54. The Morgan fingerprint density at radius 1 is 1.50 bits per heavy atom. The summed E-state index contributed by atoms with van der Waals surface area (Å²) >= 11 is 9.40. The molecule has 0 amide bonds. The van der Waals surface area contributed by atoms with E-state index in [0.717, 1.165) is 6.42 Å². The zero-order chi connectivity index (χ0) is 9.07. The van der Waals surface area contributed by atoms with Crippen LogP contribution in [0, 0.1) is 5.41 Å². The molecule has 1 nitrogen and oxygen atoms in total. The monoisotopic (exact) mass is 230 g/mol. The third kappa shape index (κ3) is 7.18. The fourth-order valence-electron chi connectivity index (χ4n) is 0.989. The summed E-state index contributed by atoms with van der Waals surface area (Å²) in [5, 5.41) is 0. The molecule has 0 fully saturated rings. The van der Waals surface area contributed by atoms with Crippen molar-refractivity contribution in [3.63, 3.8) is 0 Å². The number of rotatable bonds is 2. The zero-order valence-electron chi connectivity index (χ0n) is 8.51. The maximum atomic E-state index is 5.31. The molecule has 1 unspecified atom stereocenters. The van der Waals surface area contributed by atoms with Gasteiger partial charge in [-0.25, -0.2) is 0 Å². The first-order chi connectivity index (χ1) is 4.88. The number of hydrogen-bond donors (Lipinski definition) is 0. The summed E-state index contributed by atoms with van der Waals surface area (Å²) in [7, 11) is 0. The topological polar surface area (TPSA) is 9.23 Å². The van der Waals surface area contributed by atoms with Crippen LogP contribution in [0.2, 0.25) is 0 Å². The van der Waals surface area contributed by atoms with Crippen molar-refractivity contribution in [1.82, 2.24) is 0 Å². The minimum absolute atomic E-state index is 0. The minimum Gasteiger partial charge on any atom is -0.510 e. The summed E-state index contributed by atoms with van der Waals surface area (Å²) in [4.78, 5) is 0. The molecule has 4 heteroatoms. The van der Waals surface area contributed by atoms with Gasteiger partial charge in [-0.2, -0.15) is 0 Å². The van der Waals surface area contributed by atoms with E-state index in [4.69, 9.17) is 29.6 Å². The van der Waals surface area contributed by atoms with Gasteiger partial charge in [0.2, 0.25) is 0 Å². The summed E-state index contributed by atoms with van der Waals surface area (Å²) in [5.41, 5.74) is 0.123. The van der Waals surface area contributed by atoms with Crippen LogP contribution in [0.25, 0.3) is 0 Å². The third-order valence-electron chi connectivity index (χ3n) is 1.58. The van der Waals surface area contributed by atoms with Gasteiger partial charge < -0.3 is 29.6 Å². The summed E-state index contributed by atoms with van der Waals surface area (Å²) in [6.45, 7) is 8.43. The number of ether oxygens (including phenoxy) is 1. The molecular weight excluding hydrogens is 215 g/mol. The van der Waals surface area contributed by atoms with E-state index in [-0.39, 0.29) is 67.3 Å². The summed E-state index contributed by atoms with van der Waals surface area (Å²) in [6.07, 6.45) is 1.09. The van der Waals surface area contributed by atoms with Crippen molar-refractivity contribution in [3.8, 4) is 0 Å². The molecule has 0 aromatic carbocycles. The molecule has 12 heavy (non-hydrogen) atoms. The van der Waals surface area contributed by atoms with Crippen LogP contribution in [0.15, 0.2) is 0 Å². The van der Waals surface area contributed by atoms with Crippen molar-refractivity contribution in [2.24, 2.45) is 5.41 Å². The van der Waals surface area contributed by atoms with Gasteiger partial charge in [-0.15, -0.1) is 0 Å². The predicted octanol–water partition coefficient (Wildman–Crippen LogP) is -0.336. The van der Waals surface area contributed by atoms with Gasteiger partial charge in [0.05, 0.1) is 0 Å². The standard InChI is InChI=1S/C8H16OS2.K/c1-5-6(8(2,3)4)9-7(10)11;/h6H,5H2,1-4H3,(H,10,11);/q;+1/p-1. The first-order valence-electron chi connectivity index (χ1n) is 3.75. The van der Waals surface area contributed by atoms with E-state index in [9.17, 15) is 0 Å². The van der Waals surface area contributed by atoms with Crippen LogP contribution in [0.5, 0.6) is 0 Å². The van der Waals surface area contributed by atoms with Crippen molar-refractivity contribution in [2.45, 2.75) is 40.2 Å². The number of thiocarbonyl (C=S) groups is 1. The Bertz CT molecular complexity index is 142. The van der Waals surface area contributed by atoms with Gasteiger partial charge in [0.25, 0.3) is 0 Å². The maximum Gasteiger partial charge on any atom is 1.00 e. The van der Waals surface area contributed by atoms with Crippen LogP contribution < -0.4 is 51.4 Å². The Kier molecular flexibility index (Phi) is 9.57. The predicted molar refractivity (Wildman–Crippen MR) is 54.6 cm³/mol. The van der Waals surface area contributed by atoms with Crippen LogP contribution in [0.1, 0.15) is 34.1 Å². The Balaban J connectivity index is 0. The summed E-state index contributed by atoms with van der Waals surface area (Å²) in [6, 6.07) is 0. The molecule has 0 aliphatic rings. The van der Waals surface area contributed by atoms with Gasteiger partial charge in [-0.1, -0.05) is 27.7 Å². The van der Waals surface area contributed by atoms with Crippen LogP contribution in [0.4, 0.5) is 0 Å². The van der Waals surface area contributed by atoms with Crippen molar-refractivity contribution >= 4 is 29.2 Å². The normalized spacial score (nSPS) is 13.0. The quantitative estimate of drug-likeness (QED) is 0.365. The van der Waals surface area contributed by atoms with E-state index in [0.29, 0.717) is 0 Å². The average Bonchev–Trinajstić information content (AvgIpc) is 1.79. The van der Waals surface area contributed by atoms with Gasteiger partial charge in [0.1, 0.15) is 6.10 Å². The molecule has 1 atom stereocenters. The second-order valence-corrected chi connectivity index (χ2v) is 4.63. The molecule has 0 saturated carbocycles. The molecule has 0 saturated heterocycles. The smallest absolute Gasteiger partial charge is 0.510 e. The van der Waals surface area contributed by atoms with E-state index in [1.807, 2.05) is 0 Å². The average molecular weight is 230 g/mol. The van der Waals surface area contributed by atoms with Gasteiger partial charge in [-0.05, 0) is 11.8 Å². The van der Waals surface area contributed by atoms with E-state index in [2.05, 4.69) is 27.7 Å². The van der Waals surface area contributed by atoms with Gasteiger partial charge >= 0.3 is 51.4 Å². The molecule has 0 heterocycles. The van der Waals surface area contributed by atoms with Gasteiger partial charge in [0, 0.05) is 4.38 Å². The maximum absolute atomic E-state index is 5.31. The molecule has 0 N–H and O–H groups in total. The molecule has 0 bridgehead atoms. The third-order valence-corrected chi connectivity index (χ3v) is 1.77. The number of hydrogen-bond acceptors (Lipinski definition) is 3. The van der Waals surface area contributed by atoms with Crippen molar-refractivity contribution in [2.75, 3.05) is 0 Å². The van der Waals surface area contributed by atoms with E-state index >= 15 is 0 Å². The molecular formula is C8H15KOS2. The Morgan fingerprint density at radius 3 is 2.00 bits per heavy atom. The SMILES string of the molecule is CCC(OC(=S)[S-])C(C)(C)C.[K+]. The van der Waals surface area contributed by atoms with Crippen LogP contribution >= 0.6 is 12.2 Å². The van der Waals surface area contributed by atoms with E-state index in [1.54, 1.807) is 0 Å². The first kappa shape index (κ1) is 16.2. The molecule has 0 rings (SSSR count). The second kappa shape index (κ2) is 7.09. The Morgan fingerprint density at radius 2 is 1.92 bits per heavy atom. The van der Waals surface area contributed by atoms with E-state index < -0.39 is 0 Å². The molecule has 66 valence electrons. The van der Waals surface area contributed by atoms with Crippen LogP contribution in [-0.4, -0.2) is 10.5 Å². The largest absolute Gasteiger partial charge is 1.00 e. The Hall–Kier alpha value is 1.75. The fraction of sp³-hybridized carbons (Fsp3) is 0.875. The Labute approximate surface area is 129 Å². The fourth-order valence-corrected chi connectivity index (χ4v) is 1.22. The van der Waals surface area contributed by atoms with Gasteiger partial charge in [-0.3, -0.25) is 0 Å². The van der Waals surface area contributed by atoms with Gasteiger partial charge in [0.15, 0.2) is 0 Å². The van der Waals surface area contributed by atoms with Crippen LogP contribution in [-0.2, 0) is 17.4 Å². The van der Waals surface area contributed by atoms with Crippen LogP contribution in [0.3, 0.4) is 0 Å². The zero-order valence-corrected chi connectivity index (χ0v) is 13.3. The van der Waals surface area contributed by atoms with Crippen molar-refractivity contribution in [3.05, 3.63) is 0 Å². The molecule has 0 aromatic heterocycles. The molecule has 0 spiro atoms. The first-order valence-corrected chi connectivity index (χ1v) is 4.57. The second-order valence-electron chi connectivity index (χ2n) is 3.63. The van der Waals surface area contributed by atoms with E-state index in [1.165, 1.54) is 0 Å². The van der Waals surface area contributed by atoms with Crippen molar-refractivity contribution < 1.29 is 56.1 Å². The molecule has 0 radical (unpaired) electrons. The molecule has 0 aliphatic carbocycles. The summed E-state index contributed by atoms with van der Waals surface area (Å²) in [5.74, 6) is 0. The molecule has 0 aliphatic heterocycles.